The summed E-state index contributed by atoms with van der Waals surface area (Å²) in [5.41, 5.74) is 7.37. The van der Waals surface area contributed by atoms with E-state index in [2.05, 4.69) is 20.7 Å². The first-order valence-electron chi connectivity index (χ1n) is 10.8. The molecule has 3 heterocycles. The van der Waals surface area contributed by atoms with Crippen LogP contribution in [0.2, 0.25) is 0 Å². The van der Waals surface area contributed by atoms with Crippen molar-refractivity contribution in [3.8, 4) is 0 Å². The lowest BCUT2D eigenvalue weighted by atomic mass is 9.84. The van der Waals surface area contributed by atoms with Crippen molar-refractivity contribution in [2.24, 2.45) is 11.1 Å². The first-order valence-corrected chi connectivity index (χ1v) is 11.9. The Kier molecular flexibility index (Phi) is 6.82. The van der Waals surface area contributed by atoms with Crippen LogP contribution in [-0.4, -0.2) is 61.9 Å². The molecular weight excluding hydrogens is 428 g/mol. The number of rotatable bonds is 7. The summed E-state index contributed by atoms with van der Waals surface area (Å²) in [7, 11) is 0. The van der Waals surface area contributed by atoms with Crippen molar-refractivity contribution in [3.05, 3.63) is 47.8 Å². The number of aromatic nitrogens is 3. The lowest BCUT2D eigenvalue weighted by Crippen LogP contribution is -2.56. The molecule has 1 aromatic carbocycles. The number of nitrogens with two attached hydrogens (primary N) is 1. The molecule has 0 aliphatic carbocycles. The van der Waals surface area contributed by atoms with Crippen LogP contribution in [0, 0.1) is 5.41 Å². The van der Waals surface area contributed by atoms with E-state index >= 15 is 0 Å². The van der Waals surface area contributed by atoms with Gasteiger partial charge in [-0.05, 0) is 29.6 Å². The van der Waals surface area contributed by atoms with Crippen LogP contribution in [0.5, 0.6) is 0 Å². The standard InChI is InChI=1S/C22H30N6O3S/c1-22(2)10-18-28(21(30)16(23)8-9-32-18)19(22)20(29)25-17(14-6-4-3-5-7-14)13-31-12-15-11-24-27-26-15/h3-7,11,16-19H,8-10,12-13,23H2,1-2H3,(H,25,29)(H,24,26,27)/t16-,17+,18-,19+/m0/s1. The largest absolute Gasteiger partial charge is 0.373 e. The van der Waals surface area contributed by atoms with Crippen molar-refractivity contribution >= 4 is 23.6 Å². The van der Waals surface area contributed by atoms with Gasteiger partial charge in [-0.3, -0.25) is 14.7 Å². The maximum absolute atomic E-state index is 13.6. The van der Waals surface area contributed by atoms with Crippen molar-refractivity contribution in [2.75, 3.05) is 12.4 Å². The van der Waals surface area contributed by atoms with Crippen LogP contribution in [0.3, 0.4) is 0 Å². The van der Waals surface area contributed by atoms with Gasteiger partial charge in [0.1, 0.15) is 11.7 Å². The number of hydrogen-bond acceptors (Lipinski definition) is 7. The highest BCUT2D eigenvalue weighted by molar-refractivity contribution is 7.99. The zero-order chi connectivity index (χ0) is 22.7. The van der Waals surface area contributed by atoms with Crippen LogP contribution in [-0.2, 0) is 20.9 Å². The Morgan fingerprint density at radius 1 is 1.41 bits per heavy atom. The molecule has 2 amide bonds. The van der Waals surface area contributed by atoms with Crippen LogP contribution >= 0.6 is 11.8 Å². The minimum atomic E-state index is -0.585. The SMILES string of the molecule is CC1(C)C[C@@H]2SCC[C@H](N)C(=O)N2[C@@H]1C(=O)N[C@H](COCc1c[nH]nn1)c1ccccc1. The summed E-state index contributed by atoms with van der Waals surface area (Å²) in [5.74, 6) is 0.504. The molecule has 0 spiro atoms. The third kappa shape index (κ3) is 4.82. The van der Waals surface area contributed by atoms with E-state index in [9.17, 15) is 9.59 Å². The summed E-state index contributed by atoms with van der Waals surface area (Å²) in [4.78, 5) is 28.4. The van der Waals surface area contributed by atoms with E-state index in [-0.39, 0.29) is 41.9 Å². The second-order valence-corrected chi connectivity index (χ2v) is 10.3. The number of amides is 2. The van der Waals surface area contributed by atoms with Crippen molar-refractivity contribution in [1.82, 2.24) is 25.6 Å². The number of thioether (sulfide) groups is 1. The maximum Gasteiger partial charge on any atom is 0.243 e. The fraction of sp³-hybridized carbons (Fsp3) is 0.545. The molecule has 0 saturated carbocycles. The molecule has 9 nitrogen and oxygen atoms in total. The summed E-state index contributed by atoms with van der Waals surface area (Å²) in [6, 6.07) is 8.18. The van der Waals surface area contributed by atoms with E-state index in [4.69, 9.17) is 10.5 Å². The molecule has 4 atom stereocenters. The Hall–Kier alpha value is -2.43. The normalized spacial score (nSPS) is 25.8. The number of ether oxygens (including phenoxy) is 1. The van der Waals surface area contributed by atoms with Crippen molar-refractivity contribution < 1.29 is 14.3 Å². The highest BCUT2D eigenvalue weighted by Crippen LogP contribution is 2.46. The summed E-state index contributed by atoms with van der Waals surface area (Å²) in [5, 5.41) is 13.4. The third-order valence-corrected chi connectivity index (χ3v) is 7.36. The van der Waals surface area contributed by atoms with E-state index in [1.807, 2.05) is 44.2 Å². The average molecular weight is 459 g/mol. The van der Waals surface area contributed by atoms with E-state index in [1.165, 1.54) is 0 Å². The van der Waals surface area contributed by atoms with Gasteiger partial charge in [0.25, 0.3) is 0 Å². The lowest BCUT2D eigenvalue weighted by molar-refractivity contribution is -0.142. The number of H-pyrrole nitrogens is 1. The summed E-state index contributed by atoms with van der Waals surface area (Å²) < 4.78 is 5.83. The highest BCUT2D eigenvalue weighted by atomic mass is 32.2. The average Bonchev–Trinajstić information content (AvgIpc) is 3.35. The van der Waals surface area contributed by atoms with Crippen molar-refractivity contribution in [3.63, 3.8) is 0 Å². The number of fused-ring (bicyclic) bond motifs is 1. The van der Waals surface area contributed by atoms with Gasteiger partial charge in [-0.1, -0.05) is 49.4 Å². The number of nitrogens with one attached hydrogen (secondary N) is 2. The van der Waals surface area contributed by atoms with Crippen LogP contribution < -0.4 is 11.1 Å². The fourth-order valence-corrected chi connectivity index (χ4v) is 6.07. The second-order valence-electron chi connectivity index (χ2n) is 9.01. The Labute approximate surface area is 191 Å². The summed E-state index contributed by atoms with van der Waals surface area (Å²) in [6.07, 6.45) is 3.06. The number of nitrogens with zero attached hydrogens (tertiary/aromatic N) is 3. The highest BCUT2D eigenvalue weighted by Gasteiger charge is 2.54. The van der Waals surface area contributed by atoms with Gasteiger partial charge in [0.15, 0.2) is 0 Å². The van der Waals surface area contributed by atoms with Gasteiger partial charge in [-0.25, -0.2) is 0 Å². The minimum absolute atomic E-state index is 0.0274. The molecule has 4 N–H and O–H groups in total. The number of benzene rings is 1. The van der Waals surface area contributed by atoms with Crippen LogP contribution in [0.1, 0.15) is 44.0 Å². The summed E-state index contributed by atoms with van der Waals surface area (Å²) in [6.45, 7) is 4.64. The molecule has 2 aliphatic heterocycles. The van der Waals surface area contributed by atoms with Gasteiger partial charge in [0.2, 0.25) is 11.8 Å². The molecule has 0 unspecified atom stereocenters. The zero-order valence-electron chi connectivity index (χ0n) is 18.4. The number of carbonyl (C=O) groups excluding carboxylic acids is 2. The van der Waals surface area contributed by atoms with Crippen molar-refractivity contribution in [2.45, 2.75) is 56.8 Å². The Morgan fingerprint density at radius 2 is 2.19 bits per heavy atom. The Morgan fingerprint density at radius 3 is 2.91 bits per heavy atom. The van der Waals surface area contributed by atoms with E-state index in [0.717, 1.165) is 17.7 Å². The predicted octanol–water partition coefficient (Wildman–Crippen LogP) is 1.60. The molecule has 4 rings (SSSR count). The fourth-order valence-electron chi connectivity index (χ4n) is 4.47. The molecule has 1 aromatic heterocycles. The van der Waals surface area contributed by atoms with Crippen LogP contribution in [0.4, 0.5) is 0 Å². The predicted molar refractivity (Wildman–Crippen MR) is 121 cm³/mol. The first kappa shape index (κ1) is 22.8. The molecule has 10 heteroatoms. The van der Waals surface area contributed by atoms with Crippen LogP contribution in [0.15, 0.2) is 36.5 Å². The maximum atomic E-state index is 13.6. The number of carbonyl (C=O) groups is 2. The zero-order valence-corrected chi connectivity index (χ0v) is 19.2. The minimum Gasteiger partial charge on any atom is -0.373 e. The quantitative estimate of drug-likeness (QED) is 0.575. The number of aromatic amines is 1. The Balaban J connectivity index is 1.52. The first-order chi connectivity index (χ1) is 15.4. The smallest absolute Gasteiger partial charge is 0.243 e. The van der Waals surface area contributed by atoms with E-state index in [1.54, 1.807) is 22.9 Å². The molecule has 0 bridgehead atoms. The molecule has 2 aromatic rings. The van der Waals surface area contributed by atoms with Crippen molar-refractivity contribution in [1.29, 1.82) is 0 Å². The van der Waals surface area contributed by atoms with Gasteiger partial charge in [0.05, 0.1) is 30.7 Å². The van der Waals surface area contributed by atoms with Crippen LogP contribution in [0.25, 0.3) is 0 Å². The molecule has 2 saturated heterocycles. The number of hydrogen-bond donors (Lipinski definition) is 3. The molecule has 0 radical (unpaired) electrons. The lowest BCUT2D eigenvalue weighted by Gasteiger charge is -2.34. The van der Waals surface area contributed by atoms with Gasteiger partial charge >= 0.3 is 0 Å². The molecule has 32 heavy (non-hydrogen) atoms. The molecule has 172 valence electrons. The topological polar surface area (TPSA) is 126 Å². The van der Waals surface area contributed by atoms with Gasteiger partial charge in [0, 0.05) is 6.20 Å². The van der Waals surface area contributed by atoms with Gasteiger partial charge in [-0.15, -0.1) is 16.9 Å². The van der Waals surface area contributed by atoms with Gasteiger partial charge < -0.3 is 20.7 Å². The van der Waals surface area contributed by atoms with E-state index in [0.29, 0.717) is 12.1 Å². The molecule has 2 aliphatic rings. The third-order valence-electron chi connectivity index (χ3n) is 6.11. The Bertz CT molecular complexity index is 923. The second kappa shape index (κ2) is 9.60. The van der Waals surface area contributed by atoms with E-state index < -0.39 is 12.1 Å². The summed E-state index contributed by atoms with van der Waals surface area (Å²) >= 11 is 1.72. The van der Waals surface area contributed by atoms with Gasteiger partial charge in [-0.2, -0.15) is 0 Å². The molecule has 2 fully saturated rings. The monoisotopic (exact) mass is 458 g/mol. The molecular formula is C22H30N6O3S.